The number of pyridine rings is 1. The smallest absolute Gasteiger partial charge is 0.257 e. The Labute approximate surface area is 204 Å². The van der Waals surface area contributed by atoms with E-state index in [1.807, 2.05) is 63.1 Å². The van der Waals surface area contributed by atoms with Crippen molar-refractivity contribution in [3.63, 3.8) is 0 Å². The number of ether oxygens (including phenoxy) is 1. The number of benzene rings is 1. The second-order valence-corrected chi connectivity index (χ2v) is 8.88. The van der Waals surface area contributed by atoms with Crippen LogP contribution in [0.4, 0.5) is 0 Å². The molecular weight excluding hydrogens is 444 g/mol. The zero-order chi connectivity index (χ0) is 24.0. The highest BCUT2D eigenvalue weighted by Crippen LogP contribution is 2.24. The van der Waals surface area contributed by atoms with Gasteiger partial charge in [-0.25, -0.2) is 0 Å². The Morgan fingerprint density at radius 3 is 2.34 bits per heavy atom. The molecule has 2 saturated heterocycles. The number of carbonyl (C=O) groups is 2. The first-order chi connectivity index (χ1) is 17.2. The van der Waals surface area contributed by atoms with E-state index in [1.54, 1.807) is 12.4 Å². The Kier molecular flexibility index (Phi) is 7.15. The second-order valence-electron chi connectivity index (χ2n) is 8.88. The van der Waals surface area contributed by atoms with Crippen LogP contribution in [0.25, 0.3) is 11.3 Å². The zero-order valence-electron chi connectivity index (χ0n) is 19.8. The summed E-state index contributed by atoms with van der Waals surface area (Å²) in [6.45, 7) is 5.99. The van der Waals surface area contributed by atoms with Gasteiger partial charge in [0.25, 0.3) is 5.91 Å². The maximum absolute atomic E-state index is 13.6. The maximum atomic E-state index is 13.6. The quantitative estimate of drug-likeness (QED) is 0.540. The number of nitrogens with zero attached hydrogens (tertiary/aromatic N) is 6. The standard InChI is InChI=1S/C26H30N6O3/c33-24(20-29-13-15-35-16-14-29)30-9-11-31(12-10-30)26(34)23-19-32(18-21-5-2-1-3-6-21)28-25(23)22-7-4-8-27-17-22/h1-8,17,19H,9-16,18,20H2. The first kappa shape index (κ1) is 23.2. The van der Waals surface area contributed by atoms with Crippen molar-refractivity contribution in [2.45, 2.75) is 6.54 Å². The van der Waals surface area contributed by atoms with Gasteiger partial charge in [0.1, 0.15) is 5.69 Å². The van der Waals surface area contributed by atoms with Crippen molar-refractivity contribution >= 4 is 11.8 Å². The van der Waals surface area contributed by atoms with Gasteiger partial charge in [-0.2, -0.15) is 5.10 Å². The third kappa shape index (κ3) is 5.58. The third-order valence-electron chi connectivity index (χ3n) is 6.50. The minimum Gasteiger partial charge on any atom is -0.379 e. The fraction of sp³-hybridized carbons (Fsp3) is 0.385. The predicted octanol–water partition coefficient (Wildman–Crippen LogP) is 1.61. The fourth-order valence-corrected chi connectivity index (χ4v) is 4.53. The Hall–Kier alpha value is -3.56. The topological polar surface area (TPSA) is 83.8 Å². The van der Waals surface area contributed by atoms with E-state index in [1.165, 1.54) is 0 Å². The summed E-state index contributed by atoms with van der Waals surface area (Å²) in [6.07, 6.45) is 5.26. The molecule has 2 aromatic heterocycles. The van der Waals surface area contributed by atoms with E-state index in [2.05, 4.69) is 9.88 Å². The molecule has 2 amide bonds. The molecule has 0 N–H and O–H groups in total. The zero-order valence-corrected chi connectivity index (χ0v) is 19.8. The van der Waals surface area contributed by atoms with Crippen LogP contribution in [0.3, 0.4) is 0 Å². The molecule has 2 aliphatic heterocycles. The first-order valence-electron chi connectivity index (χ1n) is 12.1. The lowest BCUT2D eigenvalue weighted by Crippen LogP contribution is -2.53. The Bertz CT molecular complexity index is 1140. The van der Waals surface area contributed by atoms with E-state index in [-0.39, 0.29) is 11.8 Å². The molecule has 0 spiro atoms. The summed E-state index contributed by atoms with van der Waals surface area (Å²) < 4.78 is 7.18. The molecule has 0 radical (unpaired) electrons. The number of carbonyl (C=O) groups excluding carboxylic acids is 2. The maximum Gasteiger partial charge on any atom is 0.257 e. The second kappa shape index (κ2) is 10.8. The molecule has 2 aliphatic rings. The molecule has 4 heterocycles. The molecule has 0 bridgehead atoms. The number of morpholine rings is 1. The molecule has 1 aromatic carbocycles. The SMILES string of the molecule is O=C(CN1CCOCC1)N1CCN(C(=O)c2cn(Cc3ccccc3)nc2-c2cccnc2)CC1. The molecule has 0 aliphatic carbocycles. The lowest BCUT2D eigenvalue weighted by atomic mass is 10.1. The van der Waals surface area contributed by atoms with Gasteiger partial charge < -0.3 is 14.5 Å². The number of aromatic nitrogens is 3. The molecule has 3 aromatic rings. The van der Waals surface area contributed by atoms with Gasteiger partial charge in [-0.1, -0.05) is 30.3 Å². The van der Waals surface area contributed by atoms with E-state index in [9.17, 15) is 9.59 Å². The minimum absolute atomic E-state index is 0.0663. The lowest BCUT2D eigenvalue weighted by Gasteiger charge is -2.36. The molecule has 5 rings (SSSR count). The van der Waals surface area contributed by atoms with E-state index >= 15 is 0 Å². The molecule has 0 atom stereocenters. The molecule has 2 fully saturated rings. The highest BCUT2D eigenvalue weighted by Gasteiger charge is 2.29. The number of hydrogen-bond acceptors (Lipinski definition) is 6. The monoisotopic (exact) mass is 474 g/mol. The largest absolute Gasteiger partial charge is 0.379 e. The van der Waals surface area contributed by atoms with Crippen LogP contribution in [0, 0.1) is 0 Å². The summed E-state index contributed by atoms with van der Waals surface area (Å²) in [5, 5.41) is 4.75. The Balaban J connectivity index is 1.28. The van der Waals surface area contributed by atoms with Gasteiger partial charge in [0.2, 0.25) is 5.91 Å². The summed E-state index contributed by atoms with van der Waals surface area (Å²) in [6, 6.07) is 13.8. The van der Waals surface area contributed by atoms with E-state index in [0.717, 1.165) is 24.2 Å². The fourth-order valence-electron chi connectivity index (χ4n) is 4.53. The summed E-state index contributed by atoms with van der Waals surface area (Å²) in [5.74, 6) is 0.0502. The summed E-state index contributed by atoms with van der Waals surface area (Å²) in [5.41, 5.74) is 3.10. The van der Waals surface area contributed by atoms with E-state index in [0.29, 0.717) is 63.7 Å². The minimum atomic E-state index is -0.0663. The van der Waals surface area contributed by atoms with Crippen LogP contribution < -0.4 is 0 Å². The van der Waals surface area contributed by atoms with Crippen molar-refractivity contribution in [1.82, 2.24) is 29.5 Å². The van der Waals surface area contributed by atoms with Gasteiger partial charge in [0.15, 0.2) is 0 Å². The molecule has 9 heteroatoms. The van der Waals surface area contributed by atoms with Crippen LogP contribution in [0.2, 0.25) is 0 Å². The highest BCUT2D eigenvalue weighted by atomic mass is 16.5. The average Bonchev–Trinajstić information content (AvgIpc) is 3.33. The summed E-state index contributed by atoms with van der Waals surface area (Å²) in [4.78, 5) is 36.4. The molecule has 35 heavy (non-hydrogen) atoms. The van der Waals surface area contributed by atoms with Crippen molar-refractivity contribution in [2.24, 2.45) is 0 Å². The molecule has 0 unspecified atom stereocenters. The molecular formula is C26H30N6O3. The number of piperazine rings is 1. The summed E-state index contributed by atoms with van der Waals surface area (Å²) in [7, 11) is 0. The van der Waals surface area contributed by atoms with Crippen molar-refractivity contribution in [2.75, 3.05) is 59.0 Å². The Morgan fingerprint density at radius 1 is 0.886 bits per heavy atom. The third-order valence-corrected chi connectivity index (χ3v) is 6.50. The van der Waals surface area contributed by atoms with Crippen LogP contribution in [0.15, 0.2) is 61.1 Å². The predicted molar refractivity (Wildman–Crippen MR) is 131 cm³/mol. The van der Waals surface area contributed by atoms with E-state index < -0.39 is 0 Å². The van der Waals surface area contributed by atoms with Crippen LogP contribution in [0.5, 0.6) is 0 Å². The van der Waals surface area contributed by atoms with Gasteiger partial charge >= 0.3 is 0 Å². The van der Waals surface area contributed by atoms with Crippen molar-refractivity contribution in [3.8, 4) is 11.3 Å². The number of rotatable bonds is 6. The van der Waals surface area contributed by atoms with Crippen LogP contribution in [-0.4, -0.2) is 100 Å². The number of amides is 2. The van der Waals surface area contributed by atoms with E-state index in [4.69, 9.17) is 9.84 Å². The molecule has 0 saturated carbocycles. The average molecular weight is 475 g/mol. The first-order valence-corrected chi connectivity index (χ1v) is 12.1. The van der Waals surface area contributed by atoms with Crippen molar-refractivity contribution in [3.05, 3.63) is 72.2 Å². The summed E-state index contributed by atoms with van der Waals surface area (Å²) >= 11 is 0. The van der Waals surface area contributed by atoms with Gasteiger partial charge in [-0.15, -0.1) is 0 Å². The van der Waals surface area contributed by atoms with Gasteiger partial charge in [0.05, 0.1) is 31.9 Å². The normalized spacial score (nSPS) is 16.9. The lowest BCUT2D eigenvalue weighted by molar-refractivity contribution is -0.134. The number of hydrogen-bond donors (Lipinski definition) is 0. The molecule has 182 valence electrons. The van der Waals surface area contributed by atoms with Gasteiger partial charge in [-0.3, -0.25) is 24.2 Å². The highest BCUT2D eigenvalue weighted by molar-refractivity contribution is 6.00. The van der Waals surface area contributed by atoms with Gasteiger partial charge in [-0.05, 0) is 17.7 Å². The van der Waals surface area contributed by atoms with Crippen LogP contribution in [-0.2, 0) is 16.1 Å². The van der Waals surface area contributed by atoms with Crippen molar-refractivity contribution < 1.29 is 14.3 Å². The van der Waals surface area contributed by atoms with Crippen LogP contribution >= 0.6 is 0 Å². The van der Waals surface area contributed by atoms with Crippen LogP contribution in [0.1, 0.15) is 15.9 Å². The van der Waals surface area contributed by atoms with Crippen molar-refractivity contribution in [1.29, 1.82) is 0 Å². The van der Waals surface area contributed by atoms with Gasteiger partial charge in [0, 0.05) is 63.4 Å². The Morgan fingerprint density at radius 2 is 1.63 bits per heavy atom. The molecule has 9 nitrogen and oxygen atoms in total.